The van der Waals surface area contributed by atoms with Gasteiger partial charge in [-0.1, -0.05) is 49.4 Å². The van der Waals surface area contributed by atoms with Crippen molar-refractivity contribution in [3.8, 4) is 39.4 Å². The lowest BCUT2D eigenvalue weighted by molar-refractivity contribution is -0.142. The zero-order chi connectivity index (χ0) is 44.2. The van der Waals surface area contributed by atoms with Crippen molar-refractivity contribution in [1.82, 2.24) is 40.4 Å². The van der Waals surface area contributed by atoms with Gasteiger partial charge in [0, 0.05) is 42.4 Å². The van der Waals surface area contributed by atoms with E-state index >= 15 is 0 Å². The van der Waals surface area contributed by atoms with Crippen molar-refractivity contribution in [1.29, 1.82) is 0 Å². The maximum atomic E-state index is 14.4. The molecule has 0 spiro atoms. The van der Waals surface area contributed by atoms with Crippen molar-refractivity contribution >= 4 is 24.0 Å². The summed E-state index contributed by atoms with van der Waals surface area (Å²) in [7, 11) is 4.25. The zero-order valence-electron chi connectivity index (χ0n) is 36.3. The number of nitrogens with one attached hydrogen (secondary N) is 4. The summed E-state index contributed by atoms with van der Waals surface area (Å²) in [4.78, 5) is 73.5. The molecule has 16 nitrogen and oxygen atoms in total. The number of hydrogen-bond acceptors (Lipinski definition) is 10. The number of H-pyrrole nitrogens is 2. The molecule has 0 saturated carbocycles. The molecule has 1 unspecified atom stereocenters. The number of imidazole rings is 2. The average molecular weight is 869 g/mol. The number of carbonyl (C=O) groups is 4. The molecule has 64 heavy (non-hydrogen) atoms. The second-order valence-corrected chi connectivity index (χ2v) is 17.7. The fraction of sp³-hybridized carbons (Fsp3) is 0.417. The van der Waals surface area contributed by atoms with Crippen LogP contribution < -0.4 is 15.4 Å². The number of ether oxygens (including phenoxy) is 4. The van der Waals surface area contributed by atoms with Gasteiger partial charge in [-0.3, -0.25) is 9.59 Å². The third kappa shape index (κ3) is 7.32. The van der Waals surface area contributed by atoms with Crippen LogP contribution in [-0.2, 0) is 43.2 Å². The average Bonchev–Trinajstić information content (AvgIpc) is 4.15. The Kier molecular flexibility index (Phi) is 10.8. The number of carbonyl (C=O) groups excluding carboxylic acids is 4. The summed E-state index contributed by atoms with van der Waals surface area (Å²) in [5.41, 5.74) is 9.74. The molecule has 0 radical (unpaired) electrons. The molecule has 3 aromatic carbocycles. The van der Waals surface area contributed by atoms with Crippen molar-refractivity contribution in [3.05, 3.63) is 101 Å². The molecule has 10 rings (SSSR count). The van der Waals surface area contributed by atoms with E-state index in [0.717, 1.165) is 88.6 Å². The Hall–Kier alpha value is -6.68. The van der Waals surface area contributed by atoms with Crippen LogP contribution in [0, 0.1) is 11.8 Å². The van der Waals surface area contributed by atoms with E-state index in [0.29, 0.717) is 37.6 Å². The first-order valence-electron chi connectivity index (χ1n) is 22.0. The van der Waals surface area contributed by atoms with Gasteiger partial charge in [0.05, 0.1) is 50.5 Å². The van der Waals surface area contributed by atoms with Gasteiger partial charge in [0.15, 0.2) is 0 Å². The number of aromatic amines is 2. The third-order valence-corrected chi connectivity index (χ3v) is 13.8. The van der Waals surface area contributed by atoms with Crippen LogP contribution in [0.3, 0.4) is 0 Å². The normalized spacial score (nSPS) is 23.5. The van der Waals surface area contributed by atoms with Gasteiger partial charge < -0.3 is 49.3 Å². The molecule has 3 fully saturated rings. The van der Waals surface area contributed by atoms with Crippen LogP contribution in [-0.4, -0.2) is 100 Å². The number of benzene rings is 3. The summed E-state index contributed by atoms with van der Waals surface area (Å²) in [6.07, 6.45) is 5.23. The number of nitrogens with zero attached hydrogens (tertiary/aromatic N) is 4. The van der Waals surface area contributed by atoms with Gasteiger partial charge in [-0.25, -0.2) is 19.6 Å². The molecule has 5 aliphatic rings. The number of piperidine rings is 1. The molecule has 6 heterocycles. The Morgan fingerprint density at radius 3 is 2.52 bits per heavy atom. The first-order chi connectivity index (χ1) is 31.1. The number of hydrogen-bond donors (Lipinski definition) is 4. The molecule has 7 atom stereocenters. The minimum Gasteiger partial charge on any atom is -0.488 e. The molecule has 4 amide bonds. The first kappa shape index (κ1) is 41.3. The Balaban J connectivity index is 0.894. The number of aromatic nitrogens is 4. The topological polar surface area (TPSA) is 193 Å². The first-order valence-corrected chi connectivity index (χ1v) is 22.0. The summed E-state index contributed by atoms with van der Waals surface area (Å²) in [6, 6.07) is 17.9. The van der Waals surface area contributed by atoms with Crippen LogP contribution in [0.2, 0.25) is 0 Å². The van der Waals surface area contributed by atoms with E-state index in [9.17, 15) is 19.2 Å². The SMILES string of the molecule is COC[C@H]1C[C@@H](c2nc3c([nH]2)CCc2cc4c(cc2-3)OCc2cc(-c3cnc([C@@H]5CC[C@@H]6CC(C)[C@H](NC(=O)OC)C(=O)N65)[nH]3)ccc2-4)N(C(=O)[C@H](NC(=O)OC)c2ccccc2)C1. The van der Waals surface area contributed by atoms with Crippen LogP contribution in [0.25, 0.3) is 33.6 Å². The summed E-state index contributed by atoms with van der Waals surface area (Å²) < 4.78 is 21.8. The summed E-state index contributed by atoms with van der Waals surface area (Å²) >= 11 is 0. The van der Waals surface area contributed by atoms with E-state index in [1.54, 1.807) is 7.11 Å². The molecule has 1 aliphatic carbocycles. The van der Waals surface area contributed by atoms with Crippen LogP contribution in [0.4, 0.5) is 9.59 Å². The predicted molar refractivity (Wildman–Crippen MR) is 234 cm³/mol. The Bertz CT molecular complexity index is 2630. The highest BCUT2D eigenvalue weighted by Crippen LogP contribution is 2.47. The molecular formula is C48H52N8O8. The van der Waals surface area contributed by atoms with Gasteiger partial charge in [0.2, 0.25) is 5.91 Å². The van der Waals surface area contributed by atoms with Crippen LogP contribution in [0.15, 0.2) is 66.9 Å². The fourth-order valence-corrected chi connectivity index (χ4v) is 10.7. The van der Waals surface area contributed by atoms with Crippen molar-refractivity contribution < 1.29 is 38.1 Å². The molecule has 4 aliphatic heterocycles. The fourth-order valence-electron chi connectivity index (χ4n) is 10.7. The van der Waals surface area contributed by atoms with Crippen LogP contribution >= 0.6 is 0 Å². The molecule has 3 saturated heterocycles. The van der Waals surface area contributed by atoms with E-state index < -0.39 is 24.3 Å². The smallest absolute Gasteiger partial charge is 0.407 e. The number of rotatable bonds is 9. The standard InChI is InChI=1S/C48H52N8O8/c1-25-16-31-12-15-37(56(31)46(58)40(25)53-47(59)62-3)43-49-21-36(51-43)29-10-13-32-30(18-29)24-64-39-20-33-28(19-34(32)39)11-14-35-42(33)52-44(50-35)38-17-26(23-61-2)22-55(38)45(57)41(54-48(60)63-4)27-8-6-5-7-9-27/h5-10,13,18-21,25-26,31,37-38,40-41H,11-12,14-17,22-24H2,1-4H3,(H,49,51)(H,50,52)(H,53,59)(H,54,60)/t25?,26-,31+,37-,38-,40-,41+/m0/s1. The molecule has 16 heteroatoms. The minimum absolute atomic E-state index is 0.00305. The van der Waals surface area contributed by atoms with Crippen LogP contribution in [0.1, 0.15) is 84.8 Å². The molecular weight excluding hydrogens is 817 g/mol. The second-order valence-electron chi connectivity index (χ2n) is 17.7. The van der Waals surface area contributed by atoms with Gasteiger partial charge in [-0.2, -0.15) is 0 Å². The van der Waals surface area contributed by atoms with Gasteiger partial charge in [-0.15, -0.1) is 0 Å². The highest BCUT2D eigenvalue weighted by atomic mass is 16.5. The quantitative estimate of drug-likeness (QED) is 0.126. The number of amides is 4. The van der Waals surface area contributed by atoms with E-state index in [-0.39, 0.29) is 41.8 Å². The lowest BCUT2D eigenvalue weighted by Crippen LogP contribution is -2.58. The number of fused-ring (bicyclic) bond motifs is 7. The highest BCUT2D eigenvalue weighted by Gasteiger charge is 2.48. The van der Waals surface area contributed by atoms with Gasteiger partial charge in [0.25, 0.3) is 5.91 Å². The predicted octanol–water partition coefficient (Wildman–Crippen LogP) is 6.55. The van der Waals surface area contributed by atoms with Crippen molar-refractivity contribution in [2.75, 3.05) is 34.5 Å². The Morgan fingerprint density at radius 1 is 0.891 bits per heavy atom. The summed E-state index contributed by atoms with van der Waals surface area (Å²) in [5, 5.41) is 5.51. The van der Waals surface area contributed by atoms with E-state index in [2.05, 4.69) is 50.9 Å². The van der Waals surface area contributed by atoms with Crippen molar-refractivity contribution in [2.24, 2.45) is 11.8 Å². The van der Waals surface area contributed by atoms with E-state index in [1.807, 2.05) is 53.3 Å². The monoisotopic (exact) mass is 868 g/mol. The zero-order valence-corrected chi connectivity index (χ0v) is 36.3. The van der Waals surface area contributed by atoms with E-state index in [4.69, 9.17) is 28.9 Å². The van der Waals surface area contributed by atoms with Crippen molar-refractivity contribution in [2.45, 2.75) is 82.3 Å². The number of methoxy groups -OCH3 is 3. The molecule has 5 aromatic rings. The highest BCUT2D eigenvalue weighted by molar-refractivity contribution is 5.89. The number of alkyl carbamates (subject to hydrolysis) is 2. The summed E-state index contributed by atoms with van der Waals surface area (Å²) in [5.74, 6) is 1.97. The lowest BCUT2D eigenvalue weighted by Gasteiger charge is -2.41. The largest absolute Gasteiger partial charge is 0.488 e. The maximum absolute atomic E-state index is 14.4. The van der Waals surface area contributed by atoms with E-state index in [1.165, 1.54) is 19.8 Å². The lowest BCUT2D eigenvalue weighted by atomic mass is 9.86. The molecule has 2 aromatic heterocycles. The van der Waals surface area contributed by atoms with Gasteiger partial charge in [-0.05, 0) is 90.5 Å². The Morgan fingerprint density at radius 2 is 1.72 bits per heavy atom. The Labute approximate surface area is 370 Å². The molecule has 4 N–H and O–H groups in total. The molecule has 332 valence electrons. The minimum atomic E-state index is -0.939. The van der Waals surface area contributed by atoms with Gasteiger partial charge >= 0.3 is 12.2 Å². The van der Waals surface area contributed by atoms with Crippen LogP contribution in [0.5, 0.6) is 5.75 Å². The maximum Gasteiger partial charge on any atom is 0.407 e. The van der Waals surface area contributed by atoms with Crippen molar-refractivity contribution in [3.63, 3.8) is 0 Å². The van der Waals surface area contributed by atoms with Gasteiger partial charge in [0.1, 0.15) is 36.1 Å². The third-order valence-electron chi connectivity index (χ3n) is 13.8. The number of likely N-dealkylation sites (tertiary alicyclic amines) is 1. The summed E-state index contributed by atoms with van der Waals surface area (Å²) in [6.45, 7) is 3.32. The number of aryl methyl sites for hydroxylation is 2. The molecule has 0 bridgehead atoms. The second kappa shape index (κ2) is 16.8.